The normalized spacial score (nSPS) is 14.8. The third kappa shape index (κ3) is 5.01. The molecule has 0 atom stereocenters. The quantitative estimate of drug-likeness (QED) is 0.189. The lowest BCUT2D eigenvalue weighted by atomic mass is 10.1. The summed E-state index contributed by atoms with van der Waals surface area (Å²) in [4.78, 5) is 15.2. The third-order valence-electron chi connectivity index (χ3n) is 5.98. The highest BCUT2D eigenvalue weighted by atomic mass is 32.1. The van der Waals surface area contributed by atoms with Gasteiger partial charge in [-0.2, -0.15) is 0 Å². The molecule has 4 nitrogen and oxygen atoms in total. The van der Waals surface area contributed by atoms with Crippen molar-refractivity contribution in [3.05, 3.63) is 109 Å². The van der Waals surface area contributed by atoms with Crippen molar-refractivity contribution in [3.8, 4) is 21.8 Å². The Morgan fingerprint density at radius 3 is 2.03 bits per heavy atom. The highest BCUT2D eigenvalue weighted by molar-refractivity contribution is 7.19. The van der Waals surface area contributed by atoms with Crippen molar-refractivity contribution in [1.29, 1.82) is 0 Å². The van der Waals surface area contributed by atoms with Crippen LogP contribution in [-0.2, 0) is 0 Å². The fourth-order valence-electron chi connectivity index (χ4n) is 4.20. The Hall–Kier alpha value is -3.54. The zero-order valence-electron chi connectivity index (χ0n) is 19.2. The van der Waals surface area contributed by atoms with Gasteiger partial charge in [-0.25, -0.2) is 9.98 Å². The van der Waals surface area contributed by atoms with Gasteiger partial charge in [-0.1, -0.05) is 108 Å². The van der Waals surface area contributed by atoms with Gasteiger partial charge in [-0.15, -0.1) is 6.58 Å². The summed E-state index contributed by atoms with van der Waals surface area (Å²) in [5, 5.41) is 1.93. The van der Waals surface area contributed by atoms with E-state index in [-0.39, 0.29) is 0 Å². The van der Waals surface area contributed by atoms with Crippen LogP contribution < -0.4 is 0 Å². The van der Waals surface area contributed by atoms with E-state index in [1.165, 1.54) is 0 Å². The molecular formula is C29H28N4S. The summed E-state index contributed by atoms with van der Waals surface area (Å²) >= 11 is 1.65. The monoisotopic (exact) mass is 464 g/mol. The molecular weight excluding hydrogens is 436 g/mol. The summed E-state index contributed by atoms with van der Waals surface area (Å²) < 4.78 is 0. The molecule has 0 saturated carbocycles. The van der Waals surface area contributed by atoms with E-state index < -0.39 is 0 Å². The molecule has 0 N–H and O–H groups in total. The number of thiazole rings is 1. The first-order chi connectivity index (χ1) is 16.8. The van der Waals surface area contributed by atoms with Crippen LogP contribution in [0.5, 0.6) is 0 Å². The number of rotatable bonds is 6. The van der Waals surface area contributed by atoms with Crippen LogP contribution in [0.3, 0.4) is 0 Å². The summed E-state index contributed by atoms with van der Waals surface area (Å²) in [6.45, 7) is 8.70. The molecule has 0 unspecified atom stereocenters. The largest absolute Gasteiger partial charge is 0.354 e. The molecule has 0 bridgehead atoms. The molecule has 1 saturated heterocycles. The highest BCUT2D eigenvalue weighted by Gasteiger charge is 2.22. The van der Waals surface area contributed by atoms with E-state index in [2.05, 4.69) is 95.2 Å². The number of benzene rings is 3. The van der Waals surface area contributed by atoms with E-state index in [0.717, 1.165) is 71.0 Å². The standard InChI is InChI=1S/C29H28N4S/c1-2-18-32-19-21-33(22-20-32)27(24-14-8-4-9-15-24)31-29-26(23-12-6-3-7-13-23)30-28(34-29)25-16-10-5-11-17-25/h2-17H,1,18-22H2. The van der Waals surface area contributed by atoms with Crippen molar-refractivity contribution >= 4 is 22.2 Å². The van der Waals surface area contributed by atoms with Crippen LogP contribution in [-0.4, -0.2) is 53.3 Å². The lowest BCUT2D eigenvalue weighted by molar-refractivity contribution is 0.198. The van der Waals surface area contributed by atoms with Gasteiger partial charge in [0.05, 0.1) is 0 Å². The van der Waals surface area contributed by atoms with Crippen LogP contribution in [0.2, 0.25) is 0 Å². The molecule has 0 aliphatic carbocycles. The maximum Gasteiger partial charge on any atom is 0.146 e. The SMILES string of the molecule is C=CCN1CCN(C(=Nc2sc(-c3ccccc3)nc2-c2ccccc2)c2ccccc2)CC1. The molecule has 2 heterocycles. The van der Waals surface area contributed by atoms with E-state index >= 15 is 0 Å². The predicted octanol–water partition coefficient (Wildman–Crippen LogP) is 6.36. The van der Waals surface area contributed by atoms with Gasteiger partial charge in [-0.3, -0.25) is 4.90 Å². The number of nitrogens with zero attached hydrogens (tertiary/aromatic N) is 4. The Bertz CT molecular complexity index is 1240. The van der Waals surface area contributed by atoms with Crippen LogP contribution in [0, 0.1) is 0 Å². The second-order valence-corrected chi connectivity index (χ2v) is 9.26. The Morgan fingerprint density at radius 1 is 0.824 bits per heavy atom. The molecule has 1 aliphatic heterocycles. The average Bonchev–Trinajstić information content (AvgIpc) is 3.34. The summed E-state index contributed by atoms with van der Waals surface area (Å²) in [5.41, 5.74) is 4.27. The molecule has 34 heavy (non-hydrogen) atoms. The van der Waals surface area contributed by atoms with E-state index in [1.54, 1.807) is 11.3 Å². The molecule has 1 fully saturated rings. The Labute approximate surface area is 205 Å². The molecule has 0 amide bonds. The molecule has 0 radical (unpaired) electrons. The van der Waals surface area contributed by atoms with Gasteiger partial charge in [0.15, 0.2) is 0 Å². The minimum atomic E-state index is 0.930. The summed E-state index contributed by atoms with van der Waals surface area (Å²) in [5.74, 6) is 1.01. The minimum Gasteiger partial charge on any atom is -0.354 e. The first-order valence-electron chi connectivity index (χ1n) is 11.7. The van der Waals surface area contributed by atoms with Crippen LogP contribution >= 0.6 is 11.3 Å². The maximum atomic E-state index is 5.31. The second kappa shape index (κ2) is 10.6. The molecule has 5 rings (SSSR count). The van der Waals surface area contributed by atoms with Crippen molar-refractivity contribution in [2.45, 2.75) is 0 Å². The van der Waals surface area contributed by atoms with Crippen LogP contribution in [0.4, 0.5) is 5.00 Å². The Kier molecular flexibility index (Phi) is 6.94. The molecule has 170 valence electrons. The smallest absolute Gasteiger partial charge is 0.146 e. The van der Waals surface area contributed by atoms with Gasteiger partial charge in [0, 0.05) is 49.4 Å². The van der Waals surface area contributed by atoms with Crippen LogP contribution in [0.1, 0.15) is 5.56 Å². The summed E-state index contributed by atoms with van der Waals surface area (Å²) in [6, 6.07) is 31.3. The molecule has 4 aromatic rings. The van der Waals surface area contributed by atoms with Gasteiger partial charge >= 0.3 is 0 Å². The van der Waals surface area contributed by atoms with Crippen molar-refractivity contribution in [2.24, 2.45) is 4.99 Å². The lowest BCUT2D eigenvalue weighted by Gasteiger charge is -2.36. The van der Waals surface area contributed by atoms with Crippen LogP contribution in [0.25, 0.3) is 21.8 Å². The summed E-state index contributed by atoms with van der Waals surface area (Å²) in [7, 11) is 0. The first kappa shape index (κ1) is 22.3. The molecule has 1 aliphatic rings. The van der Waals surface area contributed by atoms with Gasteiger partial charge in [0.25, 0.3) is 0 Å². The fourth-order valence-corrected chi connectivity index (χ4v) is 5.17. The zero-order valence-corrected chi connectivity index (χ0v) is 20.0. The van der Waals surface area contributed by atoms with Gasteiger partial charge < -0.3 is 4.90 Å². The minimum absolute atomic E-state index is 0.930. The molecule has 5 heteroatoms. The number of hydrogen-bond donors (Lipinski definition) is 0. The number of hydrogen-bond acceptors (Lipinski definition) is 4. The Morgan fingerprint density at radius 2 is 1.41 bits per heavy atom. The zero-order chi connectivity index (χ0) is 23.2. The number of aliphatic imine (C=N–C) groups is 1. The van der Waals surface area contributed by atoms with Crippen molar-refractivity contribution in [3.63, 3.8) is 0 Å². The lowest BCUT2D eigenvalue weighted by Crippen LogP contribution is -2.48. The first-order valence-corrected chi connectivity index (χ1v) is 12.5. The van der Waals surface area contributed by atoms with Gasteiger partial charge in [-0.05, 0) is 0 Å². The Balaban J connectivity index is 1.59. The van der Waals surface area contributed by atoms with E-state index in [0.29, 0.717) is 0 Å². The fraction of sp³-hybridized carbons (Fsp3) is 0.172. The topological polar surface area (TPSA) is 31.7 Å². The van der Waals surface area contributed by atoms with E-state index in [9.17, 15) is 0 Å². The third-order valence-corrected chi connectivity index (χ3v) is 6.97. The second-order valence-electron chi connectivity index (χ2n) is 8.28. The molecule has 3 aromatic carbocycles. The number of piperazine rings is 1. The number of amidine groups is 1. The van der Waals surface area contributed by atoms with Crippen LogP contribution in [0.15, 0.2) is 109 Å². The highest BCUT2D eigenvalue weighted by Crippen LogP contribution is 2.40. The van der Waals surface area contributed by atoms with Crippen molar-refractivity contribution in [1.82, 2.24) is 14.8 Å². The maximum absolute atomic E-state index is 5.31. The van der Waals surface area contributed by atoms with E-state index in [1.807, 2.05) is 18.2 Å². The number of aromatic nitrogens is 1. The van der Waals surface area contributed by atoms with Gasteiger partial charge in [0.2, 0.25) is 0 Å². The summed E-state index contributed by atoms with van der Waals surface area (Å²) in [6.07, 6.45) is 1.98. The average molecular weight is 465 g/mol. The predicted molar refractivity (Wildman–Crippen MR) is 144 cm³/mol. The van der Waals surface area contributed by atoms with Crippen molar-refractivity contribution in [2.75, 3.05) is 32.7 Å². The van der Waals surface area contributed by atoms with Gasteiger partial charge in [0.1, 0.15) is 21.5 Å². The van der Waals surface area contributed by atoms with Crippen molar-refractivity contribution < 1.29 is 0 Å². The van der Waals surface area contributed by atoms with E-state index in [4.69, 9.17) is 9.98 Å². The molecule has 0 spiro atoms. The molecule has 1 aromatic heterocycles.